The van der Waals surface area contributed by atoms with Crippen molar-refractivity contribution in [2.45, 2.75) is 13.0 Å². The number of carbonyl (C=O) groups is 1. The Morgan fingerprint density at radius 3 is 2.88 bits per heavy atom. The molecule has 5 heteroatoms. The molecule has 3 heterocycles. The average molecular weight is 264 g/mol. The van der Waals surface area contributed by atoms with Crippen LogP contribution in [0.5, 0.6) is 0 Å². The van der Waals surface area contributed by atoms with E-state index in [1.54, 1.807) is 17.4 Å². The van der Waals surface area contributed by atoms with Crippen LogP contribution in [-0.4, -0.2) is 17.4 Å². The van der Waals surface area contributed by atoms with E-state index in [0.29, 0.717) is 10.6 Å². The van der Waals surface area contributed by atoms with Crippen LogP contribution >= 0.6 is 22.7 Å². The van der Waals surface area contributed by atoms with Gasteiger partial charge in [-0.05, 0) is 34.9 Å². The van der Waals surface area contributed by atoms with Crippen LogP contribution in [0, 0.1) is 0 Å². The van der Waals surface area contributed by atoms with Crippen LogP contribution < -0.4 is 5.73 Å². The lowest BCUT2D eigenvalue weighted by molar-refractivity contribution is 0.0742. The van der Waals surface area contributed by atoms with Crippen molar-refractivity contribution >= 4 is 34.3 Å². The van der Waals surface area contributed by atoms with Crippen molar-refractivity contribution in [2.24, 2.45) is 0 Å². The van der Waals surface area contributed by atoms with E-state index in [-0.39, 0.29) is 5.91 Å². The maximum absolute atomic E-state index is 12.3. The van der Waals surface area contributed by atoms with Crippen LogP contribution in [0.1, 0.15) is 20.1 Å². The molecule has 0 saturated heterocycles. The molecule has 2 aromatic rings. The van der Waals surface area contributed by atoms with Crippen molar-refractivity contribution in [2.75, 3.05) is 12.3 Å². The number of nitrogens with zero attached hydrogens (tertiary/aromatic N) is 1. The number of fused-ring (bicyclic) bond motifs is 1. The van der Waals surface area contributed by atoms with Crippen molar-refractivity contribution < 1.29 is 4.79 Å². The minimum atomic E-state index is 0.0642. The first-order valence-electron chi connectivity index (χ1n) is 5.43. The Hall–Kier alpha value is -1.33. The van der Waals surface area contributed by atoms with Gasteiger partial charge in [-0.2, -0.15) is 0 Å². The maximum atomic E-state index is 12.3. The molecule has 1 aliphatic rings. The predicted octanol–water partition coefficient (Wildman–Crippen LogP) is 2.59. The quantitative estimate of drug-likeness (QED) is 0.860. The molecule has 3 rings (SSSR count). The van der Waals surface area contributed by atoms with E-state index < -0.39 is 0 Å². The molecule has 3 nitrogen and oxygen atoms in total. The molecule has 2 N–H and O–H groups in total. The smallest absolute Gasteiger partial charge is 0.266 e. The van der Waals surface area contributed by atoms with Crippen molar-refractivity contribution in [3.63, 3.8) is 0 Å². The third-order valence-corrected chi connectivity index (χ3v) is 4.93. The number of amides is 1. The zero-order valence-electron chi connectivity index (χ0n) is 9.18. The van der Waals surface area contributed by atoms with Gasteiger partial charge in [0.25, 0.3) is 5.91 Å². The average Bonchev–Trinajstić information content (AvgIpc) is 2.95. The van der Waals surface area contributed by atoms with E-state index in [1.807, 2.05) is 10.3 Å². The highest BCUT2D eigenvalue weighted by atomic mass is 32.1. The van der Waals surface area contributed by atoms with Gasteiger partial charge < -0.3 is 10.6 Å². The second-order valence-electron chi connectivity index (χ2n) is 4.05. The topological polar surface area (TPSA) is 46.3 Å². The molecule has 88 valence electrons. The number of rotatable bonds is 1. The first-order valence-corrected chi connectivity index (χ1v) is 7.19. The van der Waals surface area contributed by atoms with Gasteiger partial charge in [0.2, 0.25) is 0 Å². The summed E-state index contributed by atoms with van der Waals surface area (Å²) in [5.74, 6) is 0.0642. The SMILES string of the molecule is Nc1ccsc1C(=O)N1CCc2sccc2C1. The lowest BCUT2D eigenvalue weighted by Gasteiger charge is -2.26. The van der Waals surface area contributed by atoms with Gasteiger partial charge in [-0.3, -0.25) is 4.79 Å². The molecule has 0 aromatic carbocycles. The van der Waals surface area contributed by atoms with Crippen molar-refractivity contribution in [3.8, 4) is 0 Å². The summed E-state index contributed by atoms with van der Waals surface area (Å²) in [7, 11) is 0. The Kier molecular flexibility index (Phi) is 2.64. The monoisotopic (exact) mass is 264 g/mol. The van der Waals surface area contributed by atoms with Gasteiger partial charge in [-0.15, -0.1) is 22.7 Å². The van der Waals surface area contributed by atoms with Crippen molar-refractivity contribution in [1.29, 1.82) is 0 Å². The van der Waals surface area contributed by atoms with E-state index in [9.17, 15) is 4.79 Å². The van der Waals surface area contributed by atoms with E-state index in [0.717, 1.165) is 19.5 Å². The van der Waals surface area contributed by atoms with Gasteiger partial charge in [0.15, 0.2) is 0 Å². The van der Waals surface area contributed by atoms with Crippen molar-refractivity contribution in [1.82, 2.24) is 4.90 Å². The van der Waals surface area contributed by atoms with Gasteiger partial charge in [0, 0.05) is 18.0 Å². The first-order chi connectivity index (χ1) is 8.25. The molecule has 1 aliphatic heterocycles. The third kappa shape index (κ3) is 1.85. The Bertz CT molecular complexity index is 558. The van der Waals surface area contributed by atoms with E-state index in [2.05, 4.69) is 11.4 Å². The summed E-state index contributed by atoms with van der Waals surface area (Å²) in [4.78, 5) is 16.2. The summed E-state index contributed by atoms with van der Waals surface area (Å²) in [6, 6.07) is 3.90. The summed E-state index contributed by atoms with van der Waals surface area (Å²) in [5.41, 5.74) is 7.66. The zero-order valence-corrected chi connectivity index (χ0v) is 10.8. The Morgan fingerprint density at radius 1 is 1.29 bits per heavy atom. The summed E-state index contributed by atoms with van der Waals surface area (Å²) < 4.78 is 0. The Morgan fingerprint density at radius 2 is 2.12 bits per heavy atom. The summed E-state index contributed by atoms with van der Waals surface area (Å²) >= 11 is 3.20. The molecule has 0 radical (unpaired) electrons. The van der Waals surface area contributed by atoms with E-state index in [1.165, 1.54) is 21.8 Å². The zero-order chi connectivity index (χ0) is 11.8. The molecular weight excluding hydrogens is 252 g/mol. The fourth-order valence-electron chi connectivity index (χ4n) is 2.06. The van der Waals surface area contributed by atoms with Crippen LogP contribution in [0.25, 0.3) is 0 Å². The molecule has 0 atom stereocenters. The second-order valence-corrected chi connectivity index (χ2v) is 5.97. The normalized spacial score (nSPS) is 14.7. The van der Waals surface area contributed by atoms with Gasteiger partial charge in [-0.1, -0.05) is 0 Å². The van der Waals surface area contributed by atoms with Gasteiger partial charge in [-0.25, -0.2) is 0 Å². The summed E-state index contributed by atoms with van der Waals surface area (Å²) in [6.45, 7) is 1.51. The molecule has 0 fully saturated rings. The summed E-state index contributed by atoms with van der Waals surface area (Å²) in [6.07, 6.45) is 0.962. The molecule has 0 unspecified atom stereocenters. The Balaban J connectivity index is 1.84. The lowest BCUT2D eigenvalue weighted by Crippen LogP contribution is -2.35. The third-order valence-electron chi connectivity index (χ3n) is 2.98. The molecule has 0 bridgehead atoms. The highest BCUT2D eigenvalue weighted by molar-refractivity contribution is 7.12. The number of carbonyl (C=O) groups excluding carboxylic acids is 1. The minimum Gasteiger partial charge on any atom is -0.397 e. The number of hydrogen-bond acceptors (Lipinski definition) is 4. The predicted molar refractivity (Wildman–Crippen MR) is 71.5 cm³/mol. The van der Waals surface area contributed by atoms with E-state index in [4.69, 9.17) is 5.73 Å². The number of anilines is 1. The highest BCUT2D eigenvalue weighted by Gasteiger charge is 2.24. The fourth-order valence-corrected chi connectivity index (χ4v) is 3.73. The number of hydrogen-bond donors (Lipinski definition) is 1. The molecule has 0 aliphatic carbocycles. The fraction of sp³-hybridized carbons (Fsp3) is 0.250. The van der Waals surface area contributed by atoms with Gasteiger partial charge in [0.1, 0.15) is 4.88 Å². The number of nitrogens with two attached hydrogens (primary N) is 1. The van der Waals surface area contributed by atoms with Gasteiger partial charge >= 0.3 is 0 Å². The molecule has 1 amide bonds. The largest absolute Gasteiger partial charge is 0.397 e. The Labute approximate surface area is 107 Å². The van der Waals surface area contributed by atoms with Crippen LogP contribution in [0.2, 0.25) is 0 Å². The van der Waals surface area contributed by atoms with Crippen molar-refractivity contribution in [3.05, 3.63) is 38.2 Å². The number of thiophene rings is 2. The molecular formula is C12H12N2OS2. The molecule has 17 heavy (non-hydrogen) atoms. The molecule has 0 spiro atoms. The van der Waals surface area contributed by atoms with Gasteiger partial charge in [0.05, 0.1) is 5.69 Å². The second kappa shape index (κ2) is 4.16. The lowest BCUT2D eigenvalue weighted by atomic mass is 10.1. The van der Waals surface area contributed by atoms with E-state index >= 15 is 0 Å². The summed E-state index contributed by atoms with van der Waals surface area (Å²) in [5, 5.41) is 3.96. The van der Waals surface area contributed by atoms with Crippen LogP contribution in [0.3, 0.4) is 0 Å². The molecule has 2 aromatic heterocycles. The minimum absolute atomic E-state index is 0.0642. The first kappa shape index (κ1) is 10.8. The number of nitrogen functional groups attached to an aromatic ring is 1. The standard InChI is InChI=1S/C12H12N2OS2/c13-9-3-6-17-11(9)12(15)14-4-1-10-8(7-14)2-5-16-10/h2-3,5-6H,1,4,7,13H2. The maximum Gasteiger partial charge on any atom is 0.266 e. The van der Waals surface area contributed by atoms with Crippen LogP contribution in [0.4, 0.5) is 5.69 Å². The molecule has 0 saturated carbocycles. The highest BCUT2D eigenvalue weighted by Crippen LogP contribution is 2.27. The van der Waals surface area contributed by atoms with Crippen LogP contribution in [-0.2, 0) is 13.0 Å². The van der Waals surface area contributed by atoms with Crippen LogP contribution in [0.15, 0.2) is 22.9 Å².